The topological polar surface area (TPSA) is 75.3 Å². The Hall–Kier alpha value is -1.38. The van der Waals surface area contributed by atoms with Gasteiger partial charge in [-0.1, -0.05) is 39.0 Å². The molecule has 2 aromatic heterocycles. The average Bonchev–Trinajstić information content (AvgIpc) is 3.01. The van der Waals surface area contributed by atoms with Gasteiger partial charge < -0.3 is 14.6 Å². The number of amides is 1. The molecule has 2 unspecified atom stereocenters. The van der Waals surface area contributed by atoms with Gasteiger partial charge in [0, 0.05) is 18.0 Å². The van der Waals surface area contributed by atoms with Gasteiger partial charge in [0.05, 0.1) is 23.8 Å². The Morgan fingerprint density at radius 2 is 2.25 bits per heavy atom. The summed E-state index contributed by atoms with van der Waals surface area (Å²) in [7, 11) is 0. The molecule has 0 radical (unpaired) electrons. The number of fused-ring (bicyclic) bond motifs is 1. The van der Waals surface area contributed by atoms with E-state index in [1.165, 1.54) is 11.8 Å². The molecule has 1 fully saturated rings. The van der Waals surface area contributed by atoms with Crippen LogP contribution in [0.3, 0.4) is 0 Å². The van der Waals surface area contributed by atoms with Crippen molar-refractivity contribution in [1.82, 2.24) is 14.9 Å². The molecular formula is C20H29N3O3S2. The van der Waals surface area contributed by atoms with E-state index in [0.29, 0.717) is 30.8 Å². The smallest absolute Gasteiger partial charge is 0.260 e. The summed E-state index contributed by atoms with van der Waals surface area (Å²) >= 11 is 2.87. The van der Waals surface area contributed by atoms with Crippen molar-refractivity contribution < 1.29 is 9.53 Å². The lowest BCUT2D eigenvalue weighted by molar-refractivity contribution is -0.135. The summed E-state index contributed by atoms with van der Waals surface area (Å²) in [5.74, 6) is 0.868. The fourth-order valence-corrected chi connectivity index (χ4v) is 5.25. The zero-order chi connectivity index (χ0) is 20.3. The van der Waals surface area contributed by atoms with E-state index in [4.69, 9.17) is 4.74 Å². The first kappa shape index (κ1) is 21.3. The minimum atomic E-state index is -0.0972. The van der Waals surface area contributed by atoms with Crippen LogP contribution in [0.15, 0.2) is 9.95 Å². The molecule has 1 N–H and O–H groups in total. The Morgan fingerprint density at radius 1 is 1.46 bits per heavy atom. The Bertz CT molecular complexity index is 893. The van der Waals surface area contributed by atoms with Gasteiger partial charge in [0.15, 0.2) is 5.16 Å². The van der Waals surface area contributed by atoms with Crippen molar-refractivity contribution in [3.63, 3.8) is 0 Å². The molecule has 0 bridgehead atoms. The zero-order valence-electron chi connectivity index (χ0n) is 17.0. The Kier molecular flexibility index (Phi) is 7.17. The van der Waals surface area contributed by atoms with Crippen LogP contribution in [-0.2, 0) is 16.0 Å². The van der Waals surface area contributed by atoms with Crippen molar-refractivity contribution in [2.24, 2.45) is 5.92 Å². The van der Waals surface area contributed by atoms with Crippen molar-refractivity contribution >= 4 is 39.2 Å². The van der Waals surface area contributed by atoms with E-state index < -0.39 is 0 Å². The molecule has 6 nitrogen and oxygen atoms in total. The standard InChI is InChI=1S/C20H29N3O3S2/c1-5-12(3)9-15-13(4)28-19-17(15)18(25)21-20(22-19)27-11-16(24)23-7-8-26-14(6-2)10-23/h12,14H,5-11H2,1-4H3,(H,21,22,25). The van der Waals surface area contributed by atoms with E-state index in [-0.39, 0.29) is 23.3 Å². The van der Waals surface area contributed by atoms with E-state index in [1.807, 2.05) is 4.90 Å². The summed E-state index contributed by atoms with van der Waals surface area (Å²) in [6.45, 7) is 10.3. The van der Waals surface area contributed by atoms with Crippen LogP contribution in [0.5, 0.6) is 0 Å². The van der Waals surface area contributed by atoms with Crippen LogP contribution in [0, 0.1) is 12.8 Å². The highest BCUT2D eigenvalue weighted by molar-refractivity contribution is 7.99. The molecule has 1 aliphatic heterocycles. The van der Waals surface area contributed by atoms with Gasteiger partial charge >= 0.3 is 0 Å². The molecule has 1 saturated heterocycles. The number of ether oxygens (including phenoxy) is 1. The van der Waals surface area contributed by atoms with Crippen LogP contribution >= 0.6 is 23.1 Å². The molecular weight excluding hydrogens is 394 g/mol. The number of hydrogen-bond donors (Lipinski definition) is 1. The molecule has 2 aromatic rings. The summed E-state index contributed by atoms with van der Waals surface area (Å²) in [6, 6.07) is 0. The number of H-pyrrole nitrogens is 1. The number of carbonyl (C=O) groups is 1. The molecule has 2 atom stereocenters. The van der Waals surface area contributed by atoms with E-state index >= 15 is 0 Å². The Balaban J connectivity index is 1.72. The van der Waals surface area contributed by atoms with E-state index in [1.54, 1.807) is 11.3 Å². The summed E-state index contributed by atoms with van der Waals surface area (Å²) in [6.07, 6.45) is 3.00. The van der Waals surface area contributed by atoms with E-state index in [9.17, 15) is 9.59 Å². The maximum absolute atomic E-state index is 12.7. The fraction of sp³-hybridized carbons (Fsp3) is 0.650. The third-order valence-corrected chi connectivity index (χ3v) is 7.27. The van der Waals surface area contributed by atoms with E-state index in [0.717, 1.165) is 39.9 Å². The molecule has 1 aliphatic rings. The molecule has 1 amide bonds. The zero-order valence-corrected chi connectivity index (χ0v) is 18.7. The normalized spacial score (nSPS) is 18.6. The SMILES string of the molecule is CCC(C)Cc1c(C)sc2nc(SCC(=O)N3CCOC(CC)C3)[nH]c(=O)c12. The summed E-state index contributed by atoms with van der Waals surface area (Å²) in [5.41, 5.74) is 1.02. The highest BCUT2D eigenvalue weighted by atomic mass is 32.2. The number of hydrogen-bond acceptors (Lipinski definition) is 6. The average molecular weight is 424 g/mol. The lowest BCUT2D eigenvalue weighted by Crippen LogP contribution is -2.46. The quantitative estimate of drug-likeness (QED) is 0.544. The van der Waals surface area contributed by atoms with Gasteiger partial charge in [-0.3, -0.25) is 9.59 Å². The van der Waals surface area contributed by atoms with Crippen LogP contribution in [-0.4, -0.2) is 52.3 Å². The van der Waals surface area contributed by atoms with Crippen molar-refractivity contribution in [3.05, 3.63) is 20.8 Å². The second-order valence-electron chi connectivity index (χ2n) is 7.44. The first-order chi connectivity index (χ1) is 13.4. The Labute approximate surface area is 174 Å². The predicted molar refractivity (Wildman–Crippen MR) is 115 cm³/mol. The van der Waals surface area contributed by atoms with Crippen LogP contribution in [0.25, 0.3) is 10.2 Å². The monoisotopic (exact) mass is 423 g/mol. The van der Waals surface area contributed by atoms with Gasteiger partial charge in [0.2, 0.25) is 5.91 Å². The molecule has 28 heavy (non-hydrogen) atoms. The third kappa shape index (κ3) is 4.78. The van der Waals surface area contributed by atoms with Crippen LogP contribution in [0.2, 0.25) is 0 Å². The highest BCUT2D eigenvalue weighted by Crippen LogP contribution is 2.30. The molecule has 3 rings (SSSR count). The number of aromatic amines is 1. The number of nitrogens with zero attached hydrogens (tertiary/aromatic N) is 2. The second kappa shape index (κ2) is 9.41. The predicted octanol–water partition coefficient (Wildman–Crippen LogP) is 3.61. The lowest BCUT2D eigenvalue weighted by atomic mass is 9.98. The minimum Gasteiger partial charge on any atom is -0.375 e. The minimum absolute atomic E-state index is 0.0642. The molecule has 0 spiro atoms. The van der Waals surface area contributed by atoms with Crippen molar-refractivity contribution in [2.45, 2.75) is 58.2 Å². The maximum atomic E-state index is 12.7. The molecule has 0 aliphatic carbocycles. The van der Waals surface area contributed by atoms with Crippen molar-refractivity contribution in [1.29, 1.82) is 0 Å². The van der Waals surface area contributed by atoms with Crippen molar-refractivity contribution in [2.75, 3.05) is 25.4 Å². The summed E-state index contributed by atoms with van der Waals surface area (Å²) < 4.78 is 5.62. The van der Waals surface area contributed by atoms with E-state index in [2.05, 4.69) is 37.7 Å². The fourth-order valence-electron chi connectivity index (χ4n) is 3.38. The number of morpholine rings is 1. The number of aromatic nitrogens is 2. The van der Waals surface area contributed by atoms with Crippen molar-refractivity contribution in [3.8, 4) is 0 Å². The largest absolute Gasteiger partial charge is 0.375 e. The van der Waals surface area contributed by atoms with Gasteiger partial charge in [-0.15, -0.1) is 11.3 Å². The van der Waals surface area contributed by atoms with Gasteiger partial charge in [-0.05, 0) is 31.2 Å². The van der Waals surface area contributed by atoms with Gasteiger partial charge in [0.1, 0.15) is 4.83 Å². The van der Waals surface area contributed by atoms with Gasteiger partial charge in [0.25, 0.3) is 5.56 Å². The third-order valence-electron chi connectivity index (χ3n) is 5.37. The highest BCUT2D eigenvalue weighted by Gasteiger charge is 2.23. The second-order valence-corrected chi connectivity index (χ2v) is 9.60. The number of thioether (sulfide) groups is 1. The first-order valence-corrected chi connectivity index (χ1v) is 11.8. The van der Waals surface area contributed by atoms with Gasteiger partial charge in [-0.2, -0.15) is 0 Å². The number of thiophene rings is 1. The lowest BCUT2D eigenvalue weighted by Gasteiger charge is -2.32. The van der Waals surface area contributed by atoms with Crippen LogP contribution in [0.1, 0.15) is 44.1 Å². The number of rotatable bonds is 7. The Morgan fingerprint density at radius 3 is 2.96 bits per heavy atom. The number of carbonyl (C=O) groups excluding carboxylic acids is 1. The van der Waals surface area contributed by atoms with Gasteiger partial charge in [-0.25, -0.2) is 4.98 Å². The first-order valence-electron chi connectivity index (χ1n) is 9.97. The maximum Gasteiger partial charge on any atom is 0.260 e. The van der Waals surface area contributed by atoms with Crippen LogP contribution in [0.4, 0.5) is 0 Å². The number of aryl methyl sites for hydroxylation is 1. The van der Waals surface area contributed by atoms with Crippen LogP contribution < -0.4 is 5.56 Å². The molecule has 8 heteroatoms. The molecule has 3 heterocycles. The summed E-state index contributed by atoms with van der Waals surface area (Å²) in [4.78, 5) is 36.5. The number of nitrogens with one attached hydrogen (secondary N) is 1. The molecule has 0 aromatic carbocycles. The molecule has 154 valence electrons. The molecule has 0 saturated carbocycles. The summed E-state index contributed by atoms with van der Waals surface area (Å²) in [5, 5.41) is 1.24.